The molecule has 0 aromatic heterocycles. The lowest BCUT2D eigenvalue weighted by Gasteiger charge is -2.26. The lowest BCUT2D eigenvalue weighted by atomic mass is 10.3. The van der Waals surface area contributed by atoms with Gasteiger partial charge in [0.05, 0.1) is 20.8 Å². The fraction of sp³-hybridized carbons (Fsp3) is 0.412. The van der Waals surface area contributed by atoms with E-state index in [2.05, 4.69) is 30.0 Å². The van der Waals surface area contributed by atoms with Crippen molar-refractivity contribution in [2.24, 2.45) is 0 Å². The van der Waals surface area contributed by atoms with E-state index in [1.807, 2.05) is 18.2 Å². The van der Waals surface area contributed by atoms with Gasteiger partial charge in [0, 0.05) is 6.08 Å². The molecule has 0 aliphatic heterocycles. The molecule has 0 aliphatic rings. The minimum atomic E-state index is -1.98. The van der Waals surface area contributed by atoms with E-state index in [0.717, 1.165) is 5.20 Å². The molecule has 1 aromatic carbocycles. The van der Waals surface area contributed by atoms with Gasteiger partial charge in [0.1, 0.15) is 8.07 Å². The Bertz CT molecular complexity index is 551. The summed E-state index contributed by atoms with van der Waals surface area (Å²) in [5.74, 6) is -0.356. The molecule has 0 fully saturated rings. The maximum Gasteiger partial charge on any atom is 0.507 e. The summed E-state index contributed by atoms with van der Waals surface area (Å²) in [4.78, 5) is 22.7. The molecule has 1 aromatic rings. The number of hydrogen-bond acceptors (Lipinski definition) is 5. The van der Waals surface area contributed by atoms with E-state index in [-0.39, 0.29) is 12.6 Å². The Balaban J connectivity index is 2.86. The van der Waals surface area contributed by atoms with Gasteiger partial charge >= 0.3 is 12.1 Å². The zero-order valence-corrected chi connectivity index (χ0v) is 15.1. The minimum Gasteiger partial charge on any atom is -0.466 e. The Hall–Kier alpha value is -2.08. The summed E-state index contributed by atoms with van der Waals surface area (Å²) in [6.45, 7) is 4.64. The van der Waals surface area contributed by atoms with Crippen LogP contribution < -0.4 is 5.19 Å². The average molecular weight is 336 g/mol. The van der Waals surface area contributed by atoms with Gasteiger partial charge < -0.3 is 14.2 Å². The predicted molar refractivity (Wildman–Crippen MR) is 91.2 cm³/mol. The van der Waals surface area contributed by atoms with Crippen LogP contribution in [0, 0.1) is 0 Å². The normalized spacial score (nSPS) is 11.7. The Morgan fingerprint density at radius 2 is 1.74 bits per heavy atom. The lowest BCUT2D eigenvalue weighted by Crippen LogP contribution is -2.44. The molecule has 6 heteroatoms. The molecule has 0 amide bonds. The molecule has 5 nitrogen and oxygen atoms in total. The molecule has 0 bridgehead atoms. The van der Waals surface area contributed by atoms with Crippen LogP contribution in [0.1, 0.15) is 12.8 Å². The zero-order chi connectivity index (χ0) is 17.3. The first-order valence-corrected chi connectivity index (χ1v) is 10.5. The summed E-state index contributed by atoms with van der Waals surface area (Å²) in [7, 11) is 0.658. The second kappa shape index (κ2) is 9.15. The highest BCUT2D eigenvalue weighted by molar-refractivity contribution is 6.95. The largest absolute Gasteiger partial charge is 0.507 e. The van der Waals surface area contributed by atoms with Crippen molar-refractivity contribution in [1.29, 1.82) is 0 Å². The third-order valence-electron chi connectivity index (χ3n) is 3.77. The van der Waals surface area contributed by atoms with Crippen molar-refractivity contribution in [3.8, 4) is 0 Å². The molecule has 0 N–H and O–H groups in total. The van der Waals surface area contributed by atoms with Crippen molar-refractivity contribution in [3.63, 3.8) is 0 Å². The van der Waals surface area contributed by atoms with Crippen LogP contribution in [-0.2, 0) is 19.0 Å². The highest BCUT2D eigenvalue weighted by Gasteiger charge is 2.28. The van der Waals surface area contributed by atoms with Crippen LogP contribution in [0.5, 0.6) is 0 Å². The molecule has 126 valence electrons. The SMILES string of the molecule is COC(=O)/C=C(\CCCOC(=O)OC)[Si](C)(C)c1ccccc1. The van der Waals surface area contributed by atoms with Crippen molar-refractivity contribution >= 4 is 25.4 Å². The Morgan fingerprint density at radius 1 is 1.09 bits per heavy atom. The molecule has 23 heavy (non-hydrogen) atoms. The molecule has 0 radical (unpaired) electrons. The van der Waals surface area contributed by atoms with Gasteiger partial charge in [-0.1, -0.05) is 53.8 Å². The second-order valence-corrected chi connectivity index (χ2v) is 10.1. The molecule has 0 saturated heterocycles. The lowest BCUT2D eigenvalue weighted by molar-refractivity contribution is -0.134. The van der Waals surface area contributed by atoms with Crippen LogP contribution in [0.4, 0.5) is 4.79 Å². The topological polar surface area (TPSA) is 61.8 Å². The summed E-state index contributed by atoms with van der Waals surface area (Å²) < 4.78 is 14.1. The van der Waals surface area contributed by atoms with Crippen LogP contribution in [0.2, 0.25) is 13.1 Å². The number of allylic oxidation sites excluding steroid dienone is 1. The van der Waals surface area contributed by atoms with Gasteiger partial charge in [-0.15, -0.1) is 0 Å². The van der Waals surface area contributed by atoms with E-state index < -0.39 is 14.2 Å². The van der Waals surface area contributed by atoms with E-state index in [1.54, 1.807) is 6.08 Å². The van der Waals surface area contributed by atoms with Gasteiger partial charge in [-0.25, -0.2) is 9.59 Å². The van der Waals surface area contributed by atoms with Crippen molar-refractivity contribution in [1.82, 2.24) is 0 Å². The van der Waals surface area contributed by atoms with Gasteiger partial charge in [-0.3, -0.25) is 0 Å². The Morgan fingerprint density at radius 3 is 2.30 bits per heavy atom. The summed E-state index contributed by atoms with van der Waals surface area (Å²) in [6.07, 6.45) is 2.18. The standard InChI is InChI=1S/C17H24O5Si/c1-20-16(18)13-15(11-8-12-22-17(19)21-2)23(3,4)14-9-6-5-7-10-14/h5-7,9-10,13H,8,11-12H2,1-4H3/b15-13+. The zero-order valence-electron chi connectivity index (χ0n) is 14.1. The molecule has 0 aliphatic carbocycles. The monoisotopic (exact) mass is 336 g/mol. The van der Waals surface area contributed by atoms with Crippen LogP contribution in [0.3, 0.4) is 0 Å². The van der Waals surface area contributed by atoms with Crippen LogP contribution in [0.15, 0.2) is 41.6 Å². The smallest absolute Gasteiger partial charge is 0.466 e. The van der Waals surface area contributed by atoms with Crippen molar-refractivity contribution in [2.75, 3.05) is 20.8 Å². The number of ether oxygens (including phenoxy) is 3. The molecular weight excluding hydrogens is 312 g/mol. The van der Waals surface area contributed by atoms with Crippen LogP contribution >= 0.6 is 0 Å². The fourth-order valence-corrected chi connectivity index (χ4v) is 4.96. The third kappa shape index (κ3) is 5.90. The fourth-order valence-electron chi connectivity index (χ4n) is 2.28. The highest BCUT2D eigenvalue weighted by atomic mass is 28.3. The second-order valence-electron chi connectivity index (χ2n) is 5.59. The van der Waals surface area contributed by atoms with Gasteiger partial charge in [0.2, 0.25) is 0 Å². The molecule has 0 unspecified atom stereocenters. The summed E-state index contributed by atoms with van der Waals surface area (Å²) >= 11 is 0. The van der Waals surface area contributed by atoms with E-state index in [4.69, 9.17) is 9.47 Å². The number of hydrogen-bond donors (Lipinski definition) is 0. The number of esters is 1. The molecule has 0 heterocycles. The molecule has 0 spiro atoms. The van der Waals surface area contributed by atoms with Crippen LogP contribution in [-0.4, -0.2) is 41.0 Å². The van der Waals surface area contributed by atoms with Gasteiger partial charge in [-0.05, 0) is 12.8 Å². The number of methoxy groups -OCH3 is 2. The summed E-state index contributed by atoms with van der Waals surface area (Å²) in [6, 6.07) is 10.1. The quantitative estimate of drug-likeness (QED) is 0.332. The summed E-state index contributed by atoms with van der Waals surface area (Å²) in [5.41, 5.74) is 0. The third-order valence-corrected chi connectivity index (χ3v) is 7.55. The minimum absolute atomic E-state index is 0.254. The maximum atomic E-state index is 11.7. The van der Waals surface area contributed by atoms with Crippen LogP contribution in [0.25, 0.3) is 0 Å². The van der Waals surface area contributed by atoms with E-state index in [1.165, 1.54) is 19.4 Å². The van der Waals surface area contributed by atoms with Gasteiger partial charge in [-0.2, -0.15) is 0 Å². The van der Waals surface area contributed by atoms with Gasteiger partial charge in [0.15, 0.2) is 0 Å². The first-order valence-electron chi connectivity index (χ1n) is 7.47. The average Bonchev–Trinajstić information content (AvgIpc) is 2.57. The van der Waals surface area contributed by atoms with Crippen molar-refractivity contribution in [2.45, 2.75) is 25.9 Å². The first kappa shape index (κ1) is 19.0. The van der Waals surface area contributed by atoms with E-state index >= 15 is 0 Å². The first-order chi connectivity index (χ1) is 10.9. The maximum absolute atomic E-state index is 11.7. The predicted octanol–water partition coefficient (Wildman–Crippen LogP) is 2.80. The van der Waals surface area contributed by atoms with E-state index in [9.17, 15) is 9.59 Å². The number of carbonyl (C=O) groups excluding carboxylic acids is 2. The molecular formula is C17H24O5Si. The summed E-state index contributed by atoms with van der Waals surface area (Å²) in [5, 5.41) is 2.30. The molecule has 0 atom stereocenters. The van der Waals surface area contributed by atoms with E-state index in [0.29, 0.717) is 12.8 Å². The van der Waals surface area contributed by atoms with Crippen molar-refractivity contribution < 1.29 is 23.8 Å². The molecule has 0 saturated carbocycles. The number of carbonyl (C=O) groups is 2. The number of benzene rings is 1. The highest BCUT2D eigenvalue weighted by Crippen LogP contribution is 2.20. The Kier molecular flexibility index (Phi) is 7.54. The Labute approximate surface area is 138 Å². The van der Waals surface area contributed by atoms with Gasteiger partial charge in [0.25, 0.3) is 0 Å². The van der Waals surface area contributed by atoms with Crippen molar-refractivity contribution in [3.05, 3.63) is 41.6 Å². The molecule has 1 rings (SSSR count). The number of rotatable bonds is 7.